The number of ether oxygens (including phenoxy) is 2. The Morgan fingerprint density at radius 3 is 2.78 bits per heavy atom. The summed E-state index contributed by atoms with van der Waals surface area (Å²) in [6.07, 6.45) is 1.94. The highest BCUT2D eigenvalue weighted by molar-refractivity contribution is 5.90. The Bertz CT molecular complexity index is 508. The van der Waals surface area contributed by atoms with Gasteiger partial charge < -0.3 is 19.9 Å². The van der Waals surface area contributed by atoms with E-state index in [0.29, 0.717) is 23.7 Å². The summed E-state index contributed by atoms with van der Waals surface area (Å²) in [4.78, 5) is 10.8. The molecule has 18 heavy (non-hydrogen) atoms. The highest BCUT2D eigenvalue weighted by atomic mass is 16.5. The van der Waals surface area contributed by atoms with Crippen molar-refractivity contribution in [3.05, 3.63) is 29.3 Å². The second kappa shape index (κ2) is 5.00. The van der Waals surface area contributed by atoms with Gasteiger partial charge in [-0.15, -0.1) is 0 Å². The van der Waals surface area contributed by atoms with Gasteiger partial charge in [-0.1, -0.05) is 0 Å². The first-order valence-electron chi connectivity index (χ1n) is 5.60. The number of fused-ring (bicyclic) bond motifs is 1. The van der Waals surface area contributed by atoms with Crippen molar-refractivity contribution in [1.29, 1.82) is 0 Å². The van der Waals surface area contributed by atoms with E-state index in [1.165, 1.54) is 6.08 Å². The second-order valence-electron chi connectivity index (χ2n) is 3.90. The maximum absolute atomic E-state index is 10.8. The lowest BCUT2D eigenvalue weighted by Gasteiger charge is -2.24. The number of carboxylic acids is 1. The van der Waals surface area contributed by atoms with Crippen LogP contribution >= 0.6 is 0 Å². The number of carboxylic acid groups (broad SMARTS) is 1. The average molecular weight is 249 g/mol. The summed E-state index contributed by atoms with van der Waals surface area (Å²) >= 11 is 0. The van der Waals surface area contributed by atoms with Gasteiger partial charge in [-0.3, -0.25) is 0 Å². The van der Waals surface area contributed by atoms with E-state index in [4.69, 9.17) is 14.6 Å². The lowest BCUT2D eigenvalue weighted by Crippen LogP contribution is -2.24. The van der Waals surface area contributed by atoms with E-state index in [0.717, 1.165) is 17.5 Å². The molecule has 1 aromatic carbocycles. The van der Waals surface area contributed by atoms with Gasteiger partial charge in [0.15, 0.2) is 11.5 Å². The molecule has 1 aromatic rings. The molecule has 0 spiro atoms. The maximum Gasteiger partial charge on any atom is 0.330 e. The summed E-state index contributed by atoms with van der Waals surface area (Å²) in [5.41, 5.74) is 2.43. The summed E-state index contributed by atoms with van der Waals surface area (Å²) in [6.45, 7) is 0.676. The predicted molar refractivity (Wildman–Crippen MR) is 66.9 cm³/mol. The molecule has 0 amide bonds. The Balaban J connectivity index is 2.57. The summed E-state index contributed by atoms with van der Waals surface area (Å²) in [7, 11) is 3.17. The van der Waals surface area contributed by atoms with Crippen LogP contribution in [-0.4, -0.2) is 31.8 Å². The lowest BCUT2D eigenvalue weighted by atomic mass is 9.96. The first kappa shape index (κ1) is 12.3. The van der Waals surface area contributed by atoms with Crippen molar-refractivity contribution >= 4 is 11.7 Å². The molecular weight excluding hydrogens is 234 g/mol. The van der Waals surface area contributed by atoms with Crippen molar-refractivity contribution in [3.63, 3.8) is 0 Å². The molecule has 2 rings (SSSR count). The van der Waals surface area contributed by atoms with Gasteiger partial charge in [0.25, 0.3) is 0 Å². The smallest absolute Gasteiger partial charge is 0.330 e. The molecular formula is C13H15NO4. The molecule has 0 radical (unpaired) electrons. The minimum atomic E-state index is -0.972. The predicted octanol–water partition coefficient (Wildman–Crippen LogP) is 1.28. The molecule has 1 heterocycles. The molecule has 0 aromatic heterocycles. The number of nitrogens with one attached hydrogen (secondary N) is 1. The number of hydrogen-bond acceptors (Lipinski definition) is 4. The molecule has 0 aliphatic carbocycles. The van der Waals surface area contributed by atoms with Crippen molar-refractivity contribution in [1.82, 2.24) is 5.32 Å². The van der Waals surface area contributed by atoms with Crippen LogP contribution in [0.1, 0.15) is 11.1 Å². The molecule has 1 aliphatic rings. The highest BCUT2D eigenvalue weighted by Crippen LogP contribution is 2.37. The molecule has 96 valence electrons. The molecule has 0 saturated carbocycles. The van der Waals surface area contributed by atoms with Gasteiger partial charge in [0.1, 0.15) is 0 Å². The fourth-order valence-electron chi connectivity index (χ4n) is 2.16. The van der Waals surface area contributed by atoms with Gasteiger partial charge in [-0.05, 0) is 18.6 Å². The fourth-order valence-corrected chi connectivity index (χ4v) is 2.16. The SMILES string of the molecule is COc1ccc2c(c1OC)CCNC2=CC(=O)O. The van der Waals surface area contributed by atoms with Crippen LogP contribution in [0.4, 0.5) is 0 Å². The summed E-state index contributed by atoms with van der Waals surface area (Å²) in [6, 6.07) is 3.62. The maximum atomic E-state index is 10.8. The molecule has 0 unspecified atom stereocenters. The van der Waals surface area contributed by atoms with Gasteiger partial charge in [-0.25, -0.2) is 4.79 Å². The van der Waals surface area contributed by atoms with Crippen LogP contribution in [0.5, 0.6) is 11.5 Å². The minimum Gasteiger partial charge on any atom is -0.493 e. The molecule has 0 fully saturated rings. The number of hydrogen-bond donors (Lipinski definition) is 2. The summed E-state index contributed by atoms with van der Waals surface area (Å²) < 4.78 is 10.6. The van der Waals surface area contributed by atoms with Gasteiger partial charge in [0, 0.05) is 29.4 Å². The van der Waals surface area contributed by atoms with Crippen LogP contribution in [0.15, 0.2) is 18.2 Å². The third-order valence-electron chi connectivity index (χ3n) is 2.90. The molecule has 0 atom stereocenters. The van der Waals surface area contributed by atoms with Gasteiger partial charge >= 0.3 is 5.97 Å². The number of rotatable bonds is 3. The van der Waals surface area contributed by atoms with Gasteiger partial charge in [-0.2, -0.15) is 0 Å². The number of benzene rings is 1. The zero-order valence-corrected chi connectivity index (χ0v) is 10.3. The van der Waals surface area contributed by atoms with Crippen molar-refractivity contribution in [2.24, 2.45) is 0 Å². The Labute approximate surface area is 105 Å². The third-order valence-corrected chi connectivity index (χ3v) is 2.90. The molecule has 0 bridgehead atoms. The van der Waals surface area contributed by atoms with Crippen LogP contribution in [0, 0.1) is 0 Å². The monoisotopic (exact) mass is 249 g/mol. The van der Waals surface area contributed by atoms with Crippen LogP contribution < -0.4 is 14.8 Å². The standard InChI is InChI=1S/C13H15NO4/c1-17-11-4-3-8-9(13(11)18-2)5-6-14-10(8)7-12(15)16/h3-4,7,14H,5-6H2,1-2H3,(H,15,16). The van der Waals surface area contributed by atoms with Crippen molar-refractivity contribution in [2.75, 3.05) is 20.8 Å². The third kappa shape index (κ3) is 2.11. The Morgan fingerprint density at radius 1 is 1.39 bits per heavy atom. The van der Waals surface area contributed by atoms with E-state index in [-0.39, 0.29) is 0 Å². The van der Waals surface area contributed by atoms with E-state index in [1.54, 1.807) is 20.3 Å². The van der Waals surface area contributed by atoms with E-state index in [1.807, 2.05) is 6.07 Å². The first-order chi connectivity index (χ1) is 8.67. The van der Waals surface area contributed by atoms with Crippen molar-refractivity contribution in [3.8, 4) is 11.5 Å². The molecule has 2 N–H and O–H groups in total. The fraction of sp³-hybridized carbons (Fsp3) is 0.308. The largest absolute Gasteiger partial charge is 0.493 e. The number of carbonyl (C=O) groups is 1. The Kier molecular flexibility index (Phi) is 3.41. The molecule has 5 heteroatoms. The first-order valence-corrected chi connectivity index (χ1v) is 5.60. The van der Waals surface area contributed by atoms with Crippen LogP contribution in [0.25, 0.3) is 5.70 Å². The van der Waals surface area contributed by atoms with E-state index < -0.39 is 5.97 Å². The number of aliphatic carboxylic acids is 1. The van der Waals surface area contributed by atoms with E-state index >= 15 is 0 Å². The molecule has 1 aliphatic heterocycles. The Morgan fingerprint density at radius 2 is 2.17 bits per heavy atom. The van der Waals surface area contributed by atoms with Crippen LogP contribution in [0.3, 0.4) is 0 Å². The van der Waals surface area contributed by atoms with Crippen molar-refractivity contribution < 1.29 is 19.4 Å². The quantitative estimate of drug-likeness (QED) is 0.790. The van der Waals surface area contributed by atoms with Crippen molar-refractivity contribution in [2.45, 2.75) is 6.42 Å². The zero-order chi connectivity index (χ0) is 13.1. The van der Waals surface area contributed by atoms with Crippen LogP contribution in [0.2, 0.25) is 0 Å². The minimum absolute atomic E-state index is 0.602. The topological polar surface area (TPSA) is 67.8 Å². The normalized spacial score (nSPS) is 15.8. The molecule has 5 nitrogen and oxygen atoms in total. The van der Waals surface area contributed by atoms with E-state index in [2.05, 4.69) is 5.32 Å². The van der Waals surface area contributed by atoms with Gasteiger partial charge in [0.05, 0.1) is 14.2 Å². The Hall–Kier alpha value is -2.17. The average Bonchev–Trinajstić information content (AvgIpc) is 2.37. The van der Waals surface area contributed by atoms with Gasteiger partial charge in [0.2, 0.25) is 0 Å². The lowest BCUT2D eigenvalue weighted by molar-refractivity contribution is -0.131. The van der Waals surface area contributed by atoms with Crippen LogP contribution in [-0.2, 0) is 11.2 Å². The second-order valence-corrected chi connectivity index (χ2v) is 3.90. The summed E-state index contributed by atoms with van der Waals surface area (Å²) in [5.74, 6) is 0.362. The van der Waals surface area contributed by atoms with E-state index in [9.17, 15) is 4.79 Å². The molecule has 0 saturated heterocycles. The summed E-state index contributed by atoms with van der Waals surface area (Å²) in [5, 5.41) is 11.9. The highest BCUT2D eigenvalue weighted by Gasteiger charge is 2.21. The number of methoxy groups -OCH3 is 2. The zero-order valence-electron chi connectivity index (χ0n) is 10.3.